The van der Waals surface area contributed by atoms with Crippen molar-refractivity contribution in [2.75, 3.05) is 6.61 Å². The molecule has 0 amide bonds. The number of ether oxygens (including phenoxy) is 1. The second-order valence-corrected chi connectivity index (χ2v) is 3.14. The van der Waals surface area contributed by atoms with E-state index in [1.165, 1.54) is 0 Å². The summed E-state index contributed by atoms with van der Waals surface area (Å²) in [7, 11) is 0. The van der Waals surface area contributed by atoms with Gasteiger partial charge >= 0.3 is 0 Å². The van der Waals surface area contributed by atoms with Gasteiger partial charge in [0, 0.05) is 18.9 Å². The Morgan fingerprint density at radius 1 is 1.83 bits per heavy atom. The highest BCUT2D eigenvalue weighted by molar-refractivity contribution is 5.93. The molecular weight excluding hydrogens is 154 g/mol. The summed E-state index contributed by atoms with van der Waals surface area (Å²) in [6.07, 6.45) is 3.95. The topological polar surface area (TPSA) is 52.3 Å². The number of ketones is 1. The van der Waals surface area contributed by atoms with Crippen molar-refractivity contribution in [3.05, 3.63) is 11.8 Å². The Kier molecular flexibility index (Phi) is 3.29. The van der Waals surface area contributed by atoms with E-state index in [1.54, 1.807) is 0 Å². The van der Waals surface area contributed by atoms with Crippen LogP contribution >= 0.6 is 0 Å². The van der Waals surface area contributed by atoms with E-state index in [4.69, 9.17) is 10.5 Å². The monoisotopic (exact) mass is 169 g/mol. The molecule has 0 aromatic heterocycles. The van der Waals surface area contributed by atoms with Crippen molar-refractivity contribution in [2.24, 2.45) is 5.73 Å². The Bertz CT molecular complexity index is 197. The Morgan fingerprint density at radius 2 is 2.58 bits per heavy atom. The first-order valence-electron chi connectivity index (χ1n) is 4.32. The third-order valence-corrected chi connectivity index (χ3v) is 1.81. The van der Waals surface area contributed by atoms with Gasteiger partial charge in [-0.15, -0.1) is 0 Å². The van der Waals surface area contributed by atoms with Crippen LogP contribution in [0.4, 0.5) is 0 Å². The van der Waals surface area contributed by atoms with Crippen molar-refractivity contribution in [3.8, 4) is 0 Å². The molecule has 0 aliphatic carbocycles. The van der Waals surface area contributed by atoms with Gasteiger partial charge in [-0.25, -0.2) is 0 Å². The first kappa shape index (κ1) is 9.26. The van der Waals surface area contributed by atoms with E-state index in [0.29, 0.717) is 18.8 Å². The maximum atomic E-state index is 11.3. The fourth-order valence-electron chi connectivity index (χ4n) is 1.09. The predicted molar refractivity (Wildman–Crippen MR) is 46.5 cm³/mol. The van der Waals surface area contributed by atoms with Crippen molar-refractivity contribution in [3.63, 3.8) is 0 Å². The summed E-state index contributed by atoms with van der Waals surface area (Å²) in [5, 5.41) is 0. The zero-order valence-electron chi connectivity index (χ0n) is 7.38. The van der Waals surface area contributed by atoms with Crippen molar-refractivity contribution in [2.45, 2.75) is 32.2 Å². The molecule has 0 aromatic rings. The standard InChI is InChI=1S/C9H15NO2/c1-7(10)4-5-8(11)9-3-2-6-12-9/h3,7H,2,4-6,10H2,1H3. The van der Waals surface area contributed by atoms with Gasteiger partial charge in [-0.05, 0) is 19.4 Å². The predicted octanol–water partition coefficient (Wildman–Crippen LogP) is 0.987. The van der Waals surface area contributed by atoms with Gasteiger partial charge in [-0.1, -0.05) is 0 Å². The molecular formula is C9H15NO2. The fraction of sp³-hybridized carbons (Fsp3) is 0.667. The maximum absolute atomic E-state index is 11.3. The Labute approximate surface area is 72.6 Å². The van der Waals surface area contributed by atoms with Crippen molar-refractivity contribution >= 4 is 5.78 Å². The van der Waals surface area contributed by atoms with E-state index in [9.17, 15) is 4.79 Å². The Hall–Kier alpha value is -0.830. The molecule has 0 spiro atoms. The van der Waals surface area contributed by atoms with Crippen LogP contribution in [0.3, 0.4) is 0 Å². The van der Waals surface area contributed by atoms with Crippen LogP contribution in [0.15, 0.2) is 11.8 Å². The number of allylic oxidation sites excluding steroid dienone is 1. The van der Waals surface area contributed by atoms with Crippen LogP contribution in [-0.2, 0) is 9.53 Å². The van der Waals surface area contributed by atoms with Crippen LogP contribution in [0.1, 0.15) is 26.2 Å². The average molecular weight is 169 g/mol. The highest BCUT2D eigenvalue weighted by atomic mass is 16.5. The van der Waals surface area contributed by atoms with Crippen LogP contribution in [0.2, 0.25) is 0 Å². The average Bonchev–Trinajstić information content (AvgIpc) is 2.51. The zero-order valence-corrected chi connectivity index (χ0v) is 7.38. The Balaban J connectivity index is 2.28. The van der Waals surface area contributed by atoms with Crippen LogP contribution < -0.4 is 5.73 Å². The van der Waals surface area contributed by atoms with Gasteiger partial charge in [0.05, 0.1) is 6.61 Å². The molecule has 1 heterocycles. The van der Waals surface area contributed by atoms with Gasteiger partial charge in [-0.3, -0.25) is 4.79 Å². The molecule has 12 heavy (non-hydrogen) atoms. The second kappa shape index (κ2) is 4.26. The van der Waals surface area contributed by atoms with E-state index in [0.717, 1.165) is 12.8 Å². The highest BCUT2D eigenvalue weighted by Gasteiger charge is 2.14. The van der Waals surface area contributed by atoms with Gasteiger partial charge in [0.25, 0.3) is 0 Å². The molecule has 2 N–H and O–H groups in total. The minimum absolute atomic E-state index is 0.0878. The van der Waals surface area contributed by atoms with Gasteiger partial charge in [0.15, 0.2) is 11.5 Å². The molecule has 1 aliphatic heterocycles. The number of hydrogen-bond donors (Lipinski definition) is 1. The lowest BCUT2D eigenvalue weighted by Crippen LogP contribution is -2.17. The summed E-state index contributed by atoms with van der Waals surface area (Å²) in [6, 6.07) is 0.0935. The number of carbonyl (C=O) groups is 1. The second-order valence-electron chi connectivity index (χ2n) is 3.14. The third kappa shape index (κ3) is 2.66. The minimum atomic E-state index is 0.0878. The van der Waals surface area contributed by atoms with Gasteiger partial charge in [0.2, 0.25) is 0 Å². The zero-order chi connectivity index (χ0) is 8.97. The molecule has 3 nitrogen and oxygen atoms in total. The SMILES string of the molecule is CC(N)CCC(=O)C1=CCCO1. The molecule has 3 heteroatoms. The summed E-state index contributed by atoms with van der Waals surface area (Å²) < 4.78 is 5.12. The highest BCUT2D eigenvalue weighted by Crippen LogP contribution is 2.12. The van der Waals surface area contributed by atoms with E-state index in [1.807, 2.05) is 13.0 Å². The summed E-state index contributed by atoms with van der Waals surface area (Å²) in [5.41, 5.74) is 5.53. The summed E-state index contributed by atoms with van der Waals surface area (Å²) in [4.78, 5) is 11.3. The van der Waals surface area contributed by atoms with E-state index >= 15 is 0 Å². The molecule has 0 bridgehead atoms. The molecule has 0 saturated carbocycles. The largest absolute Gasteiger partial charge is 0.490 e. The van der Waals surface area contributed by atoms with Gasteiger partial charge in [0.1, 0.15) is 0 Å². The number of nitrogens with two attached hydrogens (primary N) is 1. The number of Topliss-reactive ketones (excluding diaryl/α,β-unsaturated/α-hetero) is 1. The van der Waals surface area contributed by atoms with Crippen LogP contribution in [-0.4, -0.2) is 18.4 Å². The molecule has 1 rings (SSSR count). The molecule has 0 aromatic carbocycles. The van der Waals surface area contributed by atoms with Crippen LogP contribution in [0.25, 0.3) is 0 Å². The summed E-state index contributed by atoms with van der Waals surface area (Å²) in [6.45, 7) is 2.55. The van der Waals surface area contributed by atoms with Crippen LogP contribution in [0, 0.1) is 0 Å². The fourth-order valence-corrected chi connectivity index (χ4v) is 1.09. The quantitative estimate of drug-likeness (QED) is 0.682. The van der Waals surface area contributed by atoms with Crippen molar-refractivity contribution in [1.29, 1.82) is 0 Å². The third-order valence-electron chi connectivity index (χ3n) is 1.81. The number of hydrogen-bond acceptors (Lipinski definition) is 3. The smallest absolute Gasteiger partial charge is 0.197 e. The first-order valence-corrected chi connectivity index (χ1v) is 4.32. The van der Waals surface area contributed by atoms with E-state index in [2.05, 4.69) is 0 Å². The lowest BCUT2D eigenvalue weighted by molar-refractivity contribution is -0.118. The molecule has 1 unspecified atom stereocenters. The van der Waals surface area contributed by atoms with E-state index in [-0.39, 0.29) is 11.8 Å². The maximum Gasteiger partial charge on any atom is 0.197 e. The molecule has 68 valence electrons. The normalized spacial score (nSPS) is 18.3. The molecule has 1 atom stereocenters. The van der Waals surface area contributed by atoms with E-state index < -0.39 is 0 Å². The van der Waals surface area contributed by atoms with Gasteiger partial charge < -0.3 is 10.5 Å². The lowest BCUT2D eigenvalue weighted by atomic mass is 10.1. The molecule has 0 saturated heterocycles. The lowest BCUT2D eigenvalue weighted by Gasteiger charge is -2.04. The summed E-state index contributed by atoms with van der Waals surface area (Å²) >= 11 is 0. The van der Waals surface area contributed by atoms with Crippen molar-refractivity contribution in [1.82, 2.24) is 0 Å². The summed E-state index contributed by atoms with van der Waals surface area (Å²) in [5.74, 6) is 0.625. The minimum Gasteiger partial charge on any atom is -0.490 e. The number of rotatable bonds is 4. The molecule has 1 aliphatic rings. The Morgan fingerprint density at radius 3 is 3.08 bits per heavy atom. The molecule has 0 fully saturated rings. The van der Waals surface area contributed by atoms with Gasteiger partial charge in [-0.2, -0.15) is 0 Å². The van der Waals surface area contributed by atoms with Crippen LogP contribution in [0.5, 0.6) is 0 Å². The number of carbonyl (C=O) groups excluding carboxylic acids is 1. The van der Waals surface area contributed by atoms with Crippen molar-refractivity contribution < 1.29 is 9.53 Å². The first-order chi connectivity index (χ1) is 5.70. The molecule has 0 radical (unpaired) electrons.